The zero-order chi connectivity index (χ0) is 63.8. The van der Waals surface area contributed by atoms with Crippen LogP contribution >= 0.6 is 34.0 Å². The maximum Gasteiger partial charge on any atom is 0.328 e. The molecule has 0 radical (unpaired) electrons. The second-order valence-corrected chi connectivity index (χ2v) is 23.2. The summed E-state index contributed by atoms with van der Waals surface area (Å²) in [6, 6.07) is 42.4. The average Bonchev–Trinajstić information content (AvgIpc) is 1.67. The first-order valence-electron chi connectivity index (χ1n) is 27.2. The Balaban J connectivity index is 0.000000148. The Bertz CT molecular complexity index is 4600. The number of phenolic OH excluding ortho intramolecular Hbond substituents is 3. The van der Waals surface area contributed by atoms with Gasteiger partial charge < -0.3 is 59.8 Å². The van der Waals surface area contributed by atoms with Gasteiger partial charge in [0.05, 0.1) is 17.1 Å². The van der Waals surface area contributed by atoms with E-state index in [2.05, 4.69) is 15.0 Å². The number of hydrogen-bond donors (Lipinski definition) is 9. The summed E-state index contributed by atoms with van der Waals surface area (Å²) < 4.78 is 20.5. The van der Waals surface area contributed by atoms with Crippen molar-refractivity contribution >= 4 is 118 Å². The largest absolute Gasteiger partial charge is 0.508 e. The number of ketones is 3. The van der Waals surface area contributed by atoms with Gasteiger partial charge in [0.1, 0.15) is 49.1 Å². The number of aliphatic carboxylic acids is 3. The molecule has 6 aromatic heterocycles. The normalized spacial score (nSPS) is 11.2. The van der Waals surface area contributed by atoms with Crippen molar-refractivity contribution in [1.29, 1.82) is 0 Å². The number of benzene rings is 6. The lowest BCUT2D eigenvalue weighted by Gasteiger charge is -2.08. The van der Waals surface area contributed by atoms with E-state index < -0.39 is 17.9 Å². The van der Waals surface area contributed by atoms with Gasteiger partial charge in [0.15, 0.2) is 17.2 Å². The minimum Gasteiger partial charge on any atom is -0.508 e. The Kier molecular flexibility index (Phi) is 18.5. The summed E-state index contributed by atoms with van der Waals surface area (Å²) in [5, 5.41) is 57.9. The van der Waals surface area contributed by atoms with Crippen LogP contribution in [0.25, 0.3) is 48.5 Å². The Labute approximate surface area is 523 Å². The molecule has 0 saturated heterocycles. The minimum atomic E-state index is -1.02. The fourth-order valence-electron chi connectivity index (χ4n) is 9.05. The quantitative estimate of drug-likeness (QED) is 0.0285. The van der Waals surface area contributed by atoms with Gasteiger partial charge in [0, 0.05) is 66.6 Å². The highest BCUT2D eigenvalue weighted by atomic mass is 32.1. The van der Waals surface area contributed by atoms with Crippen LogP contribution in [0.15, 0.2) is 182 Å². The number of carbonyl (C=O) groups excluding carboxylic acids is 3. The zero-order valence-electron chi connectivity index (χ0n) is 47.6. The molecule has 0 aliphatic heterocycles. The molecule has 0 aliphatic carbocycles. The molecule has 0 spiro atoms. The molecule has 0 bridgehead atoms. The molecule has 0 unspecified atom stereocenters. The molecule has 12 aromatic rings. The summed E-state index contributed by atoms with van der Waals surface area (Å²) in [6.07, 6.45) is 11.1. The number of phenols is 3. The number of aromatic amines is 3. The number of aryl methyl sites for hydroxylation is 3. The third-order valence-electron chi connectivity index (χ3n) is 13.4. The lowest BCUT2D eigenvalue weighted by atomic mass is 10.1. The van der Waals surface area contributed by atoms with Crippen LogP contribution in [0.2, 0.25) is 0 Å². The van der Waals surface area contributed by atoms with E-state index in [0.29, 0.717) is 82.9 Å². The van der Waals surface area contributed by atoms with E-state index in [0.717, 1.165) is 65.3 Å². The van der Waals surface area contributed by atoms with Crippen molar-refractivity contribution in [2.45, 2.75) is 20.8 Å². The number of ether oxygens (including phenoxy) is 3. The standard InChI is InChI=1S/3C23H17NO5S/c1-13-2-10-18(24-13)21(28)23-22(17-9-6-15(25)12-19(17)30-23)29-16-7-3-14(4-8-16)5-11-20(26)27;1-13-10-18(24-12-13)21(28)23-22(17-8-5-15(25)11-19(17)30-23)29-16-6-2-14(3-7-16)4-9-20(26)27;1-13-10-11-24-20(13)21(28)23-22(17-8-5-15(25)12-18(17)30-23)29-16-6-2-14(3-7-16)4-9-19(26)27/h3*2-12,24-25H,1H3,(H,26,27)/b11-5+;2*9-4+. The lowest BCUT2D eigenvalue weighted by molar-refractivity contribution is -0.132. The van der Waals surface area contributed by atoms with Crippen LogP contribution in [0.5, 0.6) is 51.7 Å². The van der Waals surface area contributed by atoms with E-state index in [4.69, 9.17) is 29.5 Å². The third kappa shape index (κ3) is 14.6. The van der Waals surface area contributed by atoms with Crippen molar-refractivity contribution in [1.82, 2.24) is 15.0 Å². The van der Waals surface area contributed by atoms with Gasteiger partial charge in [-0.3, -0.25) is 14.4 Å². The summed E-state index contributed by atoms with van der Waals surface area (Å²) >= 11 is 3.76. The third-order valence-corrected chi connectivity index (χ3v) is 16.8. The Hall–Kier alpha value is -11.5. The number of carboxylic acids is 3. The summed E-state index contributed by atoms with van der Waals surface area (Å²) in [7, 11) is 0. The van der Waals surface area contributed by atoms with E-state index in [1.807, 2.05) is 32.9 Å². The molecule has 0 aliphatic rings. The molecule has 9 N–H and O–H groups in total. The number of aromatic hydroxyl groups is 3. The summed E-state index contributed by atoms with van der Waals surface area (Å²) in [4.78, 5) is 81.6. The first-order valence-corrected chi connectivity index (χ1v) is 29.6. The first-order chi connectivity index (χ1) is 43.2. The van der Waals surface area contributed by atoms with Gasteiger partial charge in [-0.25, -0.2) is 14.4 Å². The van der Waals surface area contributed by atoms with Crippen molar-refractivity contribution in [3.63, 3.8) is 0 Å². The average molecular weight is 1260 g/mol. The molecular weight excluding hydrogens is 1210 g/mol. The molecule has 0 atom stereocenters. The highest BCUT2D eigenvalue weighted by Gasteiger charge is 2.27. The molecule has 90 heavy (non-hydrogen) atoms. The number of rotatable bonds is 18. The van der Waals surface area contributed by atoms with Crippen LogP contribution in [0.4, 0.5) is 0 Å². The molecule has 12 rings (SSSR count). The van der Waals surface area contributed by atoms with E-state index in [9.17, 15) is 44.1 Å². The monoisotopic (exact) mass is 1260 g/mol. The second kappa shape index (κ2) is 27.0. The number of carbonyl (C=O) groups is 6. The number of hydrogen-bond acceptors (Lipinski definition) is 15. The molecule has 6 heterocycles. The maximum absolute atomic E-state index is 13.2. The van der Waals surface area contributed by atoms with Gasteiger partial charge in [0.25, 0.3) is 0 Å². The van der Waals surface area contributed by atoms with E-state index in [-0.39, 0.29) is 34.6 Å². The van der Waals surface area contributed by atoms with Gasteiger partial charge in [-0.05, 0) is 182 Å². The molecule has 0 amide bonds. The van der Waals surface area contributed by atoms with Gasteiger partial charge in [-0.15, -0.1) is 34.0 Å². The molecule has 18 nitrogen and oxygen atoms in total. The molecule has 0 fully saturated rings. The van der Waals surface area contributed by atoms with Crippen LogP contribution in [-0.4, -0.2) is 80.8 Å². The maximum atomic E-state index is 13.2. The Morgan fingerprint density at radius 1 is 0.422 bits per heavy atom. The number of H-pyrrole nitrogens is 3. The smallest absolute Gasteiger partial charge is 0.328 e. The predicted molar refractivity (Wildman–Crippen MR) is 347 cm³/mol. The number of fused-ring (bicyclic) bond motifs is 3. The van der Waals surface area contributed by atoms with Crippen molar-refractivity contribution < 1.29 is 73.6 Å². The van der Waals surface area contributed by atoms with E-state index >= 15 is 0 Å². The van der Waals surface area contributed by atoms with Gasteiger partial charge >= 0.3 is 17.9 Å². The van der Waals surface area contributed by atoms with Gasteiger partial charge in [-0.1, -0.05) is 36.4 Å². The Morgan fingerprint density at radius 3 is 1.12 bits per heavy atom. The van der Waals surface area contributed by atoms with E-state index in [1.165, 1.54) is 52.2 Å². The van der Waals surface area contributed by atoms with Crippen molar-refractivity contribution in [3.05, 3.63) is 248 Å². The Morgan fingerprint density at radius 2 is 0.800 bits per heavy atom. The molecule has 450 valence electrons. The fraction of sp³-hybridized carbons (Fsp3) is 0.0435. The molecule has 6 aromatic carbocycles. The SMILES string of the molecule is Cc1c[nH]c(C(=O)c2sc3cc(O)ccc3c2Oc2ccc(/C=C/C(=O)O)cc2)c1.Cc1cc[nH]c1C(=O)c1sc2cc(O)ccc2c1Oc1ccc(/C=C/C(=O)O)cc1.Cc1ccc(C(=O)c2sc3cc(O)ccc3c2Oc2ccc(/C=C/C(=O)O)cc2)[nH]1. The van der Waals surface area contributed by atoms with Crippen molar-refractivity contribution in [3.8, 4) is 51.7 Å². The van der Waals surface area contributed by atoms with Crippen molar-refractivity contribution in [2.24, 2.45) is 0 Å². The van der Waals surface area contributed by atoms with Crippen LogP contribution in [-0.2, 0) is 14.4 Å². The number of nitrogens with one attached hydrogen (secondary N) is 3. The number of thiophene rings is 3. The topological polar surface area (TPSA) is 299 Å². The first kappa shape index (κ1) is 61.6. The second-order valence-electron chi connectivity index (χ2n) is 20.0. The fourth-order valence-corrected chi connectivity index (χ4v) is 12.4. The number of carboxylic acid groups (broad SMARTS) is 3. The van der Waals surface area contributed by atoms with Gasteiger partial charge in [-0.2, -0.15) is 0 Å². The van der Waals surface area contributed by atoms with Crippen LogP contribution in [0.3, 0.4) is 0 Å². The van der Waals surface area contributed by atoms with Crippen LogP contribution in [0, 0.1) is 20.8 Å². The van der Waals surface area contributed by atoms with Crippen LogP contribution < -0.4 is 14.2 Å². The van der Waals surface area contributed by atoms with Gasteiger partial charge in [0.2, 0.25) is 17.3 Å². The molecule has 0 saturated carbocycles. The highest BCUT2D eigenvalue weighted by Crippen LogP contribution is 2.46. The minimum absolute atomic E-state index is 0.111. The predicted octanol–water partition coefficient (Wildman–Crippen LogP) is 16.1. The van der Waals surface area contributed by atoms with Crippen molar-refractivity contribution in [2.75, 3.05) is 0 Å². The number of aromatic nitrogens is 3. The van der Waals surface area contributed by atoms with E-state index in [1.54, 1.807) is 152 Å². The highest BCUT2D eigenvalue weighted by molar-refractivity contribution is 7.22. The zero-order valence-corrected chi connectivity index (χ0v) is 50.1. The molecule has 21 heteroatoms. The summed E-state index contributed by atoms with van der Waals surface area (Å²) in [6.45, 7) is 5.62. The van der Waals surface area contributed by atoms with Crippen LogP contribution in [0.1, 0.15) is 79.6 Å². The summed E-state index contributed by atoms with van der Waals surface area (Å²) in [5.41, 5.74) is 6.21. The molecular formula is C69H51N3O15S3. The summed E-state index contributed by atoms with van der Waals surface area (Å²) in [5.74, 6) is -0.535. The lowest BCUT2D eigenvalue weighted by Crippen LogP contribution is -2.03.